The highest BCUT2D eigenvalue weighted by molar-refractivity contribution is 6.10. The van der Waals surface area contributed by atoms with E-state index in [4.69, 9.17) is 0 Å². The van der Waals surface area contributed by atoms with Crippen LogP contribution < -0.4 is 4.90 Å². The standard InChI is InChI=1S/C57H42N2/c1-57(2)53-24-14-12-22-49(53)50-32-31-47(38-54(50)57)58(45-20-10-5-11-21-45)46-29-26-41(27-30-46)42-28-33-56-52(37-42)51-23-13-15-25-55(51)59(56)48-35-43(39-16-6-3-7-17-39)34-44(36-48)40-18-8-4-9-19-40/h3-38H,1-2H3. The molecule has 0 saturated heterocycles. The third-order valence-electron chi connectivity index (χ3n) is 12.4. The molecule has 1 aromatic heterocycles. The van der Waals surface area contributed by atoms with Gasteiger partial charge in [-0.15, -0.1) is 0 Å². The first kappa shape index (κ1) is 34.8. The monoisotopic (exact) mass is 754 g/mol. The number of rotatable bonds is 7. The summed E-state index contributed by atoms with van der Waals surface area (Å²) in [7, 11) is 0. The molecule has 59 heavy (non-hydrogen) atoms. The maximum Gasteiger partial charge on any atom is 0.0541 e. The quantitative estimate of drug-likeness (QED) is 0.157. The molecule has 9 aromatic carbocycles. The number of hydrogen-bond acceptors (Lipinski definition) is 1. The van der Waals surface area contributed by atoms with Crippen LogP contribution in [0.25, 0.3) is 72.0 Å². The zero-order valence-electron chi connectivity index (χ0n) is 33.2. The van der Waals surface area contributed by atoms with Crippen molar-refractivity contribution in [2.24, 2.45) is 0 Å². The Balaban J connectivity index is 1.00. The first-order chi connectivity index (χ1) is 29.0. The number of anilines is 3. The van der Waals surface area contributed by atoms with Gasteiger partial charge in [-0.3, -0.25) is 0 Å². The van der Waals surface area contributed by atoms with Crippen LogP contribution in [0.3, 0.4) is 0 Å². The lowest BCUT2D eigenvalue weighted by Gasteiger charge is -2.28. The second-order valence-electron chi connectivity index (χ2n) is 16.2. The Labute approximate surface area is 345 Å². The molecule has 0 aliphatic heterocycles. The van der Waals surface area contributed by atoms with Gasteiger partial charge in [0.25, 0.3) is 0 Å². The van der Waals surface area contributed by atoms with E-state index in [1.54, 1.807) is 0 Å². The normalized spacial score (nSPS) is 12.7. The van der Waals surface area contributed by atoms with Gasteiger partial charge >= 0.3 is 0 Å². The fraction of sp³-hybridized carbons (Fsp3) is 0.0526. The second-order valence-corrected chi connectivity index (χ2v) is 16.2. The lowest BCUT2D eigenvalue weighted by molar-refractivity contribution is 0.660. The third-order valence-corrected chi connectivity index (χ3v) is 12.4. The molecule has 280 valence electrons. The molecule has 10 aromatic rings. The molecule has 0 N–H and O–H groups in total. The maximum absolute atomic E-state index is 2.44. The smallest absolute Gasteiger partial charge is 0.0541 e. The van der Waals surface area contributed by atoms with Gasteiger partial charge in [-0.25, -0.2) is 0 Å². The van der Waals surface area contributed by atoms with Gasteiger partial charge < -0.3 is 9.47 Å². The second kappa shape index (κ2) is 13.9. The molecule has 0 spiro atoms. The van der Waals surface area contributed by atoms with Crippen LogP contribution in [0, 0.1) is 0 Å². The molecule has 11 rings (SSSR count). The van der Waals surface area contributed by atoms with Gasteiger partial charge in [-0.05, 0) is 128 Å². The third kappa shape index (κ3) is 5.87. The average molecular weight is 755 g/mol. The van der Waals surface area contributed by atoms with E-state index in [0.717, 1.165) is 22.7 Å². The lowest BCUT2D eigenvalue weighted by atomic mass is 9.82. The zero-order chi connectivity index (χ0) is 39.5. The van der Waals surface area contributed by atoms with Crippen molar-refractivity contribution < 1.29 is 0 Å². The molecule has 0 radical (unpaired) electrons. The Morgan fingerprint density at radius 2 is 0.864 bits per heavy atom. The number of hydrogen-bond donors (Lipinski definition) is 0. The SMILES string of the molecule is CC1(C)c2ccccc2-c2ccc(N(c3ccccc3)c3ccc(-c4ccc5c(c4)c4ccccc4n5-c4cc(-c5ccccc5)cc(-c5ccccc5)c4)cc3)cc21. The minimum absolute atomic E-state index is 0.0786. The molecule has 0 saturated carbocycles. The summed E-state index contributed by atoms with van der Waals surface area (Å²) in [6.45, 7) is 4.70. The number of nitrogens with zero attached hydrogens (tertiary/aromatic N) is 2. The van der Waals surface area contributed by atoms with Crippen LogP contribution in [0.5, 0.6) is 0 Å². The van der Waals surface area contributed by atoms with Crippen molar-refractivity contribution in [3.8, 4) is 50.2 Å². The van der Waals surface area contributed by atoms with Crippen LogP contribution in [0.4, 0.5) is 17.1 Å². The molecule has 2 nitrogen and oxygen atoms in total. The molecule has 0 atom stereocenters. The van der Waals surface area contributed by atoms with Gasteiger partial charge in [0.2, 0.25) is 0 Å². The molecular weight excluding hydrogens is 713 g/mol. The van der Waals surface area contributed by atoms with Crippen molar-refractivity contribution in [1.82, 2.24) is 4.57 Å². The lowest BCUT2D eigenvalue weighted by Crippen LogP contribution is -2.16. The van der Waals surface area contributed by atoms with Gasteiger partial charge in [0.15, 0.2) is 0 Å². The van der Waals surface area contributed by atoms with Gasteiger partial charge in [0.1, 0.15) is 0 Å². The minimum Gasteiger partial charge on any atom is -0.310 e. The molecule has 0 amide bonds. The van der Waals surface area contributed by atoms with Crippen molar-refractivity contribution >= 4 is 38.9 Å². The van der Waals surface area contributed by atoms with E-state index in [1.165, 1.54) is 77.4 Å². The molecule has 1 aliphatic rings. The fourth-order valence-electron chi connectivity index (χ4n) is 9.42. The Hall–Kier alpha value is -7.42. The summed E-state index contributed by atoms with van der Waals surface area (Å²) in [5.41, 5.74) is 19.5. The van der Waals surface area contributed by atoms with Crippen LogP contribution in [-0.2, 0) is 5.41 Å². The van der Waals surface area contributed by atoms with Crippen molar-refractivity contribution in [3.63, 3.8) is 0 Å². The van der Waals surface area contributed by atoms with E-state index in [9.17, 15) is 0 Å². The van der Waals surface area contributed by atoms with Gasteiger partial charge in [-0.1, -0.05) is 159 Å². The number of aromatic nitrogens is 1. The Bertz CT molecular complexity index is 3100. The van der Waals surface area contributed by atoms with Crippen LogP contribution in [0.15, 0.2) is 218 Å². The van der Waals surface area contributed by atoms with Crippen molar-refractivity contribution in [3.05, 3.63) is 230 Å². The van der Waals surface area contributed by atoms with Crippen LogP contribution in [0.1, 0.15) is 25.0 Å². The minimum atomic E-state index is -0.0786. The van der Waals surface area contributed by atoms with Crippen molar-refractivity contribution in [2.75, 3.05) is 4.90 Å². The molecule has 0 unspecified atom stereocenters. The summed E-state index contributed by atoms with van der Waals surface area (Å²) < 4.78 is 2.44. The number of fused-ring (bicyclic) bond motifs is 6. The summed E-state index contributed by atoms with van der Waals surface area (Å²) >= 11 is 0. The molecule has 1 aliphatic carbocycles. The maximum atomic E-state index is 2.44. The average Bonchev–Trinajstić information content (AvgIpc) is 3.75. The van der Waals surface area contributed by atoms with Gasteiger partial charge in [0.05, 0.1) is 11.0 Å². The van der Waals surface area contributed by atoms with Crippen molar-refractivity contribution in [1.29, 1.82) is 0 Å². The van der Waals surface area contributed by atoms with Gasteiger partial charge in [-0.2, -0.15) is 0 Å². The predicted molar refractivity (Wildman–Crippen MR) is 249 cm³/mol. The summed E-state index contributed by atoms with van der Waals surface area (Å²) in [5.74, 6) is 0. The highest BCUT2D eigenvalue weighted by atomic mass is 15.1. The van der Waals surface area contributed by atoms with E-state index < -0.39 is 0 Å². The van der Waals surface area contributed by atoms with Gasteiger partial charge in [0, 0.05) is 38.9 Å². The summed E-state index contributed by atoms with van der Waals surface area (Å²) in [6.07, 6.45) is 0. The molecular formula is C57H42N2. The largest absolute Gasteiger partial charge is 0.310 e. The Kier molecular flexibility index (Phi) is 8.20. The molecule has 1 heterocycles. The predicted octanol–water partition coefficient (Wildman–Crippen LogP) is 15.6. The topological polar surface area (TPSA) is 8.17 Å². The Morgan fingerprint density at radius 1 is 0.339 bits per heavy atom. The first-order valence-electron chi connectivity index (χ1n) is 20.5. The highest BCUT2D eigenvalue weighted by Crippen LogP contribution is 2.50. The Morgan fingerprint density at radius 3 is 1.58 bits per heavy atom. The van der Waals surface area contributed by atoms with E-state index in [-0.39, 0.29) is 5.41 Å². The number of para-hydroxylation sites is 2. The molecule has 2 heteroatoms. The summed E-state index contributed by atoms with van der Waals surface area (Å²) in [5, 5.41) is 2.48. The zero-order valence-corrected chi connectivity index (χ0v) is 33.2. The molecule has 0 fully saturated rings. The van der Waals surface area contributed by atoms with Crippen LogP contribution >= 0.6 is 0 Å². The van der Waals surface area contributed by atoms with Crippen molar-refractivity contribution in [2.45, 2.75) is 19.3 Å². The summed E-state index contributed by atoms with van der Waals surface area (Å²) in [4.78, 5) is 2.38. The van der Waals surface area contributed by atoms with Crippen LogP contribution in [0.2, 0.25) is 0 Å². The van der Waals surface area contributed by atoms with E-state index >= 15 is 0 Å². The first-order valence-corrected chi connectivity index (χ1v) is 20.5. The molecule has 0 bridgehead atoms. The highest BCUT2D eigenvalue weighted by Gasteiger charge is 2.35. The van der Waals surface area contributed by atoms with E-state index in [1.807, 2.05) is 0 Å². The van der Waals surface area contributed by atoms with E-state index in [2.05, 4.69) is 242 Å². The number of benzene rings is 9. The fourth-order valence-corrected chi connectivity index (χ4v) is 9.42. The summed E-state index contributed by atoms with van der Waals surface area (Å²) in [6, 6.07) is 79.8. The van der Waals surface area contributed by atoms with Crippen LogP contribution in [-0.4, -0.2) is 4.57 Å². The van der Waals surface area contributed by atoms with E-state index in [0.29, 0.717) is 0 Å².